The molecule has 4 aromatic rings. The average Bonchev–Trinajstić information content (AvgIpc) is 3.95. The summed E-state index contributed by atoms with van der Waals surface area (Å²) in [5.74, 6) is -0.725. The third kappa shape index (κ3) is 11.6. The van der Waals surface area contributed by atoms with E-state index in [2.05, 4.69) is 64.2 Å². The summed E-state index contributed by atoms with van der Waals surface area (Å²) >= 11 is 7.81. The lowest BCUT2D eigenvalue weighted by Crippen LogP contribution is -2.74. The van der Waals surface area contributed by atoms with Crippen molar-refractivity contribution in [2.45, 2.75) is 105 Å². The van der Waals surface area contributed by atoms with Crippen molar-refractivity contribution in [1.82, 2.24) is 30.4 Å². The summed E-state index contributed by atoms with van der Waals surface area (Å²) in [6.45, 7) is 20.3. The highest BCUT2D eigenvalue weighted by atomic mass is 35.5. The molecule has 3 fully saturated rings. The van der Waals surface area contributed by atoms with E-state index in [0.717, 1.165) is 40.6 Å². The lowest BCUT2D eigenvalue weighted by atomic mass is 9.49. The third-order valence-electron chi connectivity index (χ3n) is 13.8. The van der Waals surface area contributed by atoms with Crippen LogP contribution in [0.15, 0.2) is 66.3 Å². The monoisotopic (exact) mass is 998 g/mol. The fraction of sp³-hybridized carbons (Fsp3) is 0.519. The van der Waals surface area contributed by atoms with E-state index in [4.69, 9.17) is 25.8 Å². The number of hydrogen-bond acceptors (Lipinski definition) is 13. The number of pyridine rings is 1. The number of hydrogen-bond donors (Lipinski definition) is 2. The predicted molar refractivity (Wildman–Crippen MR) is 266 cm³/mol. The van der Waals surface area contributed by atoms with Crippen molar-refractivity contribution in [3.63, 3.8) is 0 Å². The number of aromatic nitrogens is 2. The van der Waals surface area contributed by atoms with Crippen LogP contribution in [0.4, 0.5) is 10.2 Å². The van der Waals surface area contributed by atoms with Crippen LogP contribution in [0, 0.1) is 34.5 Å². The number of aryl methyl sites for hydroxylation is 1. The van der Waals surface area contributed by atoms with E-state index in [9.17, 15) is 28.8 Å². The van der Waals surface area contributed by atoms with E-state index in [1.807, 2.05) is 44.2 Å². The van der Waals surface area contributed by atoms with E-state index >= 15 is 0 Å². The quantitative estimate of drug-likeness (QED) is 0.0833. The van der Waals surface area contributed by atoms with Crippen LogP contribution in [-0.4, -0.2) is 126 Å². The molecule has 18 heteroatoms. The second kappa shape index (κ2) is 21.4. The maximum atomic E-state index is 15.0. The van der Waals surface area contributed by atoms with Crippen molar-refractivity contribution >= 4 is 52.4 Å². The molecule has 3 amide bonds. The van der Waals surface area contributed by atoms with Gasteiger partial charge in [-0.2, -0.15) is 5.26 Å². The number of nitrogens with zero attached hydrogens (tertiary/aromatic N) is 6. The number of rotatable bonds is 16. The van der Waals surface area contributed by atoms with Gasteiger partial charge in [-0.05, 0) is 49.2 Å². The molecule has 2 aromatic heterocycles. The van der Waals surface area contributed by atoms with Gasteiger partial charge in [0.15, 0.2) is 6.10 Å². The predicted octanol–water partition coefficient (Wildman–Crippen LogP) is 7.56. The lowest BCUT2D eigenvalue weighted by Gasteiger charge is -2.63. The molecule has 0 radical (unpaired) electrons. The van der Waals surface area contributed by atoms with Gasteiger partial charge in [-0.15, -0.1) is 11.3 Å². The molecule has 2 aliphatic heterocycles. The molecule has 374 valence electrons. The van der Waals surface area contributed by atoms with Gasteiger partial charge in [0.2, 0.25) is 5.91 Å². The molecule has 1 aliphatic carbocycles. The molecule has 0 spiro atoms. The van der Waals surface area contributed by atoms with Crippen LogP contribution in [0.1, 0.15) is 95.0 Å². The Morgan fingerprint density at radius 3 is 2.30 bits per heavy atom. The van der Waals surface area contributed by atoms with Gasteiger partial charge in [-0.1, -0.05) is 84.3 Å². The zero-order valence-corrected chi connectivity index (χ0v) is 43.0. The molecule has 3 aliphatic rings. The molecular weight excluding hydrogens is 935 g/mol. The van der Waals surface area contributed by atoms with E-state index in [1.165, 1.54) is 4.90 Å². The fourth-order valence-electron chi connectivity index (χ4n) is 10.2. The minimum absolute atomic E-state index is 0.158. The van der Waals surface area contributed by atoms with Crippen molar-refractivity contribution < 1.29 is 37.8 Å². The summed E-state index contributed by atoms with van der Waals surface area (Å²) in [5, 5.41) is 15.7. The Morgan fingerprint density at radius 2 is 1.70 bits per heavy atom. The molecule has 4 atom stereocenters. The number of carbonyl (C=O) groups excluding carboxylic acids is 4. The smallest absolute Gasteiger partial charge is 0.332 e. The van der Waals surface area contributed by atoms with Gasteiger partial charge in [0.05, 0.1) is 51.4 Å². The van der Waals surface area contributed by atoms with Crippen LogP contribution in [-0.2, 0) is 23.9 Å². The number of alkyl halides is 1. The highest BCUT2D eigenvalue weighted by molar-refractivity contribution is 7.13. The van der Waals surface area contributed by atoms with E-state index in [0.29, 0.717) is 41.5 Å². The number of benzene rings is 2. The zero-order chi connectivity index (χ0) is 50.7. The number of anilines is 1. The number of esters is 1. The van der Waals surface area contributed by atoms with Gasteiger partial charge in [0, 0.05) is 73.7 Å². The molecule has 2 aromatic carbocycles. The second-order valence-corrected chi connectivity index (χ2v) is 22.0. The largest absolute Gasteiger partial charge is 0.489 e. The van der Waals surface area contributed by atoms with Crippen molar-refractivity contribution in [3.05, 3.63) is 93.7 Å². The number of piperazine rings is 1. The fourth-order valence-corrected chi connectivity index (χ4v) is 11.2. The third-order valence-corrected chi connectivity index (χ3v) is 15.1. The topological polar surface area (TPSA) is 179 Å². The normalized spacial score (nSPS) is 21.7. The Kier molecular flexibility index (Phi) is 15.9. The van der Waals surface area contributed by atoms with Gasteiger partial charge in [-0.25, -0.2) is 19.2 Å². The number of amides is 3. The van der Waals surface area contributed by atoms with Crippen LogP contribution in [0.3, 0.4) is 0 Å². The molecule has 0 unspecified atom stereocenters. The SMILES string of the molecule is Cc1ncsc1-c1ccc([C@H](C)NC(=O)[C@@H]2C[C@H](F)CN2C(=O)[C@@H](OC(=O)COCCN2CCN(c3ccc(C(=O)NC4C(C)(C)C(Oc5ccc(C#N)c(Cl)c5)C4(C)C)cn3)CC2)C(C)(C)C)cc1. The van der Waals surface area contributed by atoms with Crippen LogP contribution < -0.4 is 20.3 Å². The van der Waals surface area contributed by atoms with Crippen molar-refractivity contribution in [3.8, 4) is 22.3 Å². The first kappa shape index (κ1) is 52.2. The molecule has 0 bridgehead atoms. The summed E-state index contributed by atoms with van der Waals surface area (Å²) in [6.07, 6.45) is -1.47. The summed E-state index contributed by atoms with van der Waals surface area (Å²) in [6, 6.07) is 16.9. The molecule has 15 nitrogen and oxygen atoms in total. The van der Waals surface area contributed by atoms with Crippen molar-refractivity contribution in [2.24, 2.45) is 16.2 Å². The van der Waals surface area contributed by atoms with E-state index in [-0.39, 0.29) is 44.2 Å². The first-order valence-corrected chi connectivity index (χ1v) is 25.0. The number of nitrogens with one attached hydrogen (secondary N) is 2. The number of nitriles is 1. The number of ether oxygens (including phenoxy) is 3. The van der Waals surface area contributed by atoms with Crippen LogP contribution >= 0.6 is 22.9 Å². The maximum Gasteiger partial charge on any atom is 0.332 e. The Morgan fingerprint density at radius 1 is 1.00 bits per heavy atom. The Balaban J connectivity index is 0.831. The highest BCUT2D eigenvalue weighted by Gasteiger charge is 2.64. The Bertz CT molecular complexity index is 2560. The first-order chi connectivity index (χ1) is 33.1. The van der Waals surface area contributed by atoms with Gasteiger partial charge in [-0.3, -0.25) is 19.3 Å². The van der Waals surface area contributed by atoms with Crippen molar-refractivity contribution in [2.75, 3.05) is 57.4 Å². The molecule has 2 N–H and O–H groups in total. The zero-order valence-electron chi connectivity index (χ0n) is 41.4. The molecule has 7 rings (SSSR count). The van der Waals surface area contributed by atoms with Crippen LogP contribution in [0.25, 0.3) is 10.4 Å². The minimum atomic E-state index is -1.41. The first-order valence-electron chi connectivity index (χ1n) is 23.7. The van der Waals surface area contributed by atoms with Crippen LogP contribution in [0.2, 0.25) is 5.02 Å². The Labute approximate surface area is 419 Å². The van der Waals surface area contributed by atoms with Crippen molar-refractivity contribution in [1.29, 1.82) is 5.26 Å². The molecule has 4 heterocycles. The van der Waals surface area contributed by atoms with E-state index in [1.54, 1.807) is 68.1 Å². The number of likely N-dealkylation sites (tertiary alicyclic amines) is 1. The second-order valence-electron chi connectivity index (χ2n) is 20.8. The molecule has 1 saturated carbocycles. The summed E-state index contributed by atoms with van der Waals surface area (Å²) in [5.41, 5.74) is 3.79. The average molecular weight is 1000 g/mol. The Hall–Kier alpha value is -5.67. The molecular formula is C52H64ClFN8O7S. The molecule has 2 saturated heterocycles. The van der Waals surface area contributed by atoms with Crippen LogP contribution in [0.5, 0.6) is 5.75 Å². The van der Waals surface area contributed by atoms with Gasteiger partial charge >= 0.3 is 5.97 Å². The standard InChI is InChI=1S/C52H64ClFN8O7S/c1-31(33-10-12-34(13-11-33)43-32(2)57-30-70-43)58-46(65)40-24-37(54)28-62(40)47(66)44(50(3,4)5)69-42(63)29-67-23-22-60-18-20-61(21-19-60)41-17-15-36(27-56-41)45(64)59-48-51(6,7)49(52(48,8)9)68-38-16-14-35(26-55)39(53)25-38/h10-17,25,27,30-31,37,40,44,48-49H,18-24,28-29H2,1-9H3,(H,58,65)(H,59,64)/t31-,37-,40-,44+,48?,49?/m0/s1. The molecule has 70 heavy (non-hydrogen) atoms. The van der Waals surface area contributed by atoms with Gasteiger partial charge < -0.3 is 34.6 Å². The minimum Gasteiger partial charge on any atom is -0.489 e. The number of halogens is 2. The maximum absolute atomic E-state index is 15.0. The van der Waals surface area contributed by atoms with Gasteiger partial charge in [0.1, 0.15) is 42.6 Å². The van der Waals surface area contributed by atoms with E-state index < -0.39 is 58.4 Å². The summed E-state index contributed by atoms with van der Waals surface area (Å²) < 4.78 is 32.8. The summed E-state index contributed by atoms with van der Waals surface area (Å²) in [7, 11) is 0. The lowest BCUT2D eigenvalue weighted by molar-refractivity contribution is -0.172. The number of carbonyl (C=O) groups is 4. The summed E-state index contributed by atoms with van der Waals surface area (Å²) in [4.78, 5) is 69.8. The highest BCUT2D eigenvalue weighted by Crippen LogP contribution is 2.55. The number of thiazole rings is 1. The van der Waals surface area contributed by atoms with Gasteiger partial charge in [0.25, 0.3) is 11.8 Å².